The zero-order valence-electron chi connectivity index (χ0n) is 14.4. The second-order valence-corrected chi connectivity index (χ2v) is 6.16. The van der Waals surface area contributed by atoms with E-state index in [1.807, 2.05) is 31.4 Å². The largest absolute Gasteiger partial charge is 0.478 e. The molecule has 0 saturated heterocycles. The maximum atomic E-state index is 12.3. The summed E-state index contributed by atoms with van der Waals surface area (Å²) in [7, 11) is 1.81. The average Bonchev–Trinajstić information content (AvgIpc) is 3.27. The number of rotatable bonds is 4. The number of anilines is 1. The minimum atomic E-state index is -0.980. The summed E-state index contributed by atoms with van der Waals surface area (Å²) >= 11 is 0. The number of fused-ring (bicyclic) bond motifs is 1. The zero-order valence-corrected chi connectivity index (χ0v) is 14.4. The predicted octanol–water partition coefficient (Wildman–Crippen LogP) is 3.52. The summed E-state index contributed by atoms with van der Waals surface area (Å²) in [4.78, 5) is 31.0. The molecule has 3 N–H and O–H groups in total. The lowest BCUT2D eigenvalue weighted by Gasteiger charge is -2.06. The standard InChI is InChI=1S/C20H16N4O3/c1-24-10-2-3-17(24)19(25)21-14-7-4-12(5-8-14)18-22-15-9-6-13(20(26)27)11-16(15)23-18/h2-11H,1H3,(H,21,25)(H,22,23)(H,26,27). The summed E-state index contributed by atoms with van der Waals surface area (Å²) < 4.78 is 1.75. The Morgan fingerprint density at radius 2 is 1.89 bits per heavy atom. The molecule has 27 heavy (non-hydrogen) atoms. The van der Waals surface area contributed by atoms with Crippen molar-refractivity contribution >= 4 is 28.6 Å². The smallest absolute Gasteiger partial charge is 0.335 e. The molecule has 7 heteroatoms. The van der Waals surface area contributed by atoms with Gasteiger partial charge in [0.05, 0.1) is 16.6 Å². The van der Waals surface area contributed by atoms with Gasteiger partial charge in [-0.15, -0.1) is 0 Å². The normalized spacial score (nSPS) is 10.9. The molecule has 4 aromatic rings. The number of hydrogen-bond donors (Lipinski definition) is 3. The number of nitrogens with zero attached hydrogens (tertiary/aromatic N) is 2. The summed E-state index contributed by atoms with van der Waals surface area (Å²) in [5.74, 6) is -0.528. The Labute approximate surface area is 154 Å². The van der Waals surface area contributed by atoms with Crippen molar-refractivity contribution in [2.45, 2.75) is 0 Å². The molecule has 0 unspecified atom stereocenters. The second-order valence-electron chi connectivity index (χ2n) is 6.16. The van der Waals surface area contributed by atoms with Crippen LogP contribution in [0.25, 0.3) is 22.4 Å². The van der Waals surface area contributed by atoms with Crippen LogP contribution in [0.3, 0.4) is 0 Å². The molecule has 2 aromatic heterocycles. The van der Waals surface area contributed by atoms with E-state index in [9.17, 15) is 9.59 Å². The quantitative estimate of drug-likeness (QED) is 0.518. The van der Waals surface area contributed by atoms with E-state index >= 15 is 0 Å². The molecule has 0 bridgehead atoms. The molecule has 1 amide bonds. The molecule has 7 nitrogen and oxygen atoms in total. The van der Waals surface area contributed by atoms with Gasteiger partial charge in [-0.3, -0.25) is 4.79 Å². The van der Waals surface area contributed by atoms with Gasteiger partial charge >= 0.3 is 5.97 Å². The maximum absolute atomic E-state index is 12.3. The number of aromatic carboxylic acids is 1. The molecule has 0 aliphatic carbocycles. The molecule has 0 radical (unpaired) electrons. The van der Waals surface area contributed by atoms with Gasteiger partial charge < -0.3 is 20.0 Å². The third kappa shape index (κ3) is 3.18. The Bertz CT molecular complexity index is 1160. The number of amides is 1. The SMILES string of the molecule is Cn1cccc1C(=O)Nc1ccc(-c2nc3ccc(C(=O)O)cc3[nH]2)cc1. The van der Waals surface area contributed by atoms with Crippen LogP contribution in [-0.2, 0) is 7.05 Å². The molecular formula is C20H16N4O3. The van der Waals surface area contributed by atoms with Crippen molar-refractivity contribution in [3.8, 4) is 11.4 Å². The van der Waals surface area contributed by atoms with Crippen molar-refractivity contribution in [2.24, 2.45) is 7.05 Å². The van der Waals surface area contributed by atoms with Crippen molar-refractivity contribution in [3.63, 3.8) is 0 Å². The van der Waals surface area contributed by atoms with Crippen molar-refractivity contribution in [1.29, 1.82) is 0 Å². The molecule has 0 spiro atoms. The number of nitrogens with one attached hydrogen (secondary N) is 2. The second kappa shape index (κ2) is 6.45. The molecule has 0 aliphatic heterocycles. The Hall–Kier alpha value is -3.87. The summed E-state index contributed by atoms with van der Waals surface area (Å²) in [5.41, 5.74) is 3.64. The van der Waals surface area contributed by atoms with Gasteiger partial charge in [-0.25, -0.2) is 9.78 Å². The van der Waals surface area contributed by atoms with Crippen LogP contribution in [0.2, 0.25) is 0 Å². The fraction of sp³-hybridized carbons (Fsp3) is 0.0500. The summed E-state index contributed by atoms with van der Waals surface area (Å²) in [5, 5.41) is 11.9. The van der Waals surface area contributed by atoms with Crippen LogP contribution in [0.15, 0.2) is 60.8 Å². The number of carboxylic acids is 1. The Balaban J connectivity index is 1.57. The number of carbonyl (C=O) groups is 2. The van der Waals surface area contributed by atoms with Crippen LogP contribution in [0.5, 0.6) is 0 Å². The van der Waals surface area contributed by atoms with Crippen LogP contribution in [-0.4, -0.2) is 31.5 Å². The average molecular weight is 360 g/mol. The molecule has 2 heterocycles. The van der Waals surface area contributed by atoms with E-state index < -0.39 is 5.97 Å². The van der Waals surface area contributed by atoms with Gasteiger partial charge in [0.2, 0.25) is 0 Å². The molecule has 0 fully saturated rings. The number of hydrogen-bond acceptors (Lipinski definition) is 3. The predicted molar refractivity (Wildman–Crippen MR) is 102 cm³/mol. The summed E-state index contributed by atoms with van der Waals surface area (Å²) in [6.45, 7) is 0. The Morgan fingerprint density at radius 1 is 1.11 bits per heavy atom. The van der Waals surface area contributed by atoms with E-state index in [2.05, 4.69) is 15.3 Å². The van der Waals surface area contributed by atoms with E-state index in [4.69, 9.17) is 5.11 Å². The molecule has 0 aliphatic rings. The molecule has 134 valence electrons. The first-order valence-electron chi connectivity index (χ1n) is 8.27. The van der Waals surface area contributed by atoms with E-state index in [0.29, 0.717) is 28.2 Å². The monoisotopic (exact) mass is 360 g/mol. The van der Waals surface area contributed by atoms with Crippen LogP contribution < -0.4 is 5.32 Å². The van der Waals surface area contributed by atoms with E-state index in [-0.39, 0.29) is 11.5 Å². The highest BCUT2D eigenvalue weighted by atomic mass is 16.4. The van der Waals surface area contributed by atoms with Gasteiger partial charge in [-0.2, -0.15) is 0 Å². The lowest BCUT2D eigenvalue weighted by molar-refractivity contribution is 0.0697. The van der Waals surface area contributed by atoms with Crippen LogP contribution in [0.4, 0.5) is 5.69 Å². The Kier molecular flexibility index (Phi) is 3.97. The topological polar surface area (TPSA) is 100 Å². The fourth-order valence-corrected chi connectivity index (χ4v) is 2.88. The highest BCUT2D eigenvalue weighted by Gasteiger charge is 2.11. The van der Waals surface area contributed by atoms with Crippen molar-refractivity contribution < 1.29 is 14.7 Å². The van der Waals surface area contributed by atoms with Crippen LogP contribution >= 0.6 is 0 Å². The third-order valence-corrected chi connectivity index (χ3v) is 4.32. The molecular weight excluding hydrogens is 344 g/mol. The number of carbonyl (C=O) groups excluding carboxylic acids is 1. The number of aromatic amines is 1. The van der Waals surface area contributed by atoms with Gasteiger partial charge in [0, 0.05) is 24.5 Å². The van der Waals surface area contributed by atoms with Gasteiger partial charge in [-0.05, 0) is 54.6 Å². The van der Waals surface area contributed by atoms with Gasteiger partial charge in [0.25, 0.3) is 5.91 Å². The van der Waals surface area contributed by atoms with Crippen LogP contribution in [0, 0.1) is 0 Å². The number of aromatic nitrogens is 3. The van der Waals surface area contributed by atoms with Crippen molar-refractivity contribution in [3.05, 3.63) is 72.1 Å². The fourth-order valence-electron chi connectivity index (χ4n) is 2.88. The first-order chi connectivity index (χ1) is 13.0. The molecule has 0 atom stereocenters. The minimum absolute atomic E-state index is 0.180. The third-order valence-electron chi connectivity index (χ3n) is 4.32. The van der Waals surface area contributed by atoms with Gasteiger partial charge in [0.15, 0.2) is 0 Å². The number of H-pyrrole nitrogens is 1. The zero-order chi connectivity index (χ0) is 19.0. The molecule has 4 rings (SSSR count). The maximum Gasteiger partial charge on any atom is 0.335 e. The van der Waals surface area contributed by atoms with Gasteiger partial charge in [-0.1, -0.05) is 0 Å². The number of benzene rings is 2. The highest BCUT2D eigenvalue weighted by Crippen LogP contribution is 2.23. The van der Waals surface area contributed by atoms with Crippen molar-refractivity contribution in [1.82, 2.24) is 14.5 Å². The number of imidazole rings is 1. The van der Waals surface area contributed by atoms with E-state index in [1.165, 1.54) is 6.07 Å². The molecule has 0 saturated carbocycles. The highest BCUT2D eigenvalue weighted by molar-refractivity contribution is 6.03. The first kappa shape index (κ1) is 16.6. The van der Waals surface area contributed by atoms with Crippen molar-refractivity contribution in [2.75, 3.05) is 5.32 Å². The molecule has 2 aromatic carbocycles. The van der Waals surface area contributed by atoms with Crippen LogP contribution in [0.1, 0.15) is 20.8 Å². The summed E-state index contributed by atoms with van der Waals surface area (Å²) in [6, 6.07) is 15.6. The lowest BCUT2D eigenvalue weighted by Crippen LogP contribution is -2.15. The Morgan fingerprint density at radius 3 is 2.56 bits per heavy atom. The number of carboxylic acid groups (broad SMARTS) is 1. The first-order valence-corrected chi connectivity index (χ1v) is 8.27. The van der Waals surface area contributed by atoms with E-state index in [0.717, 1.165) is 5.56 Å². The van der Waals surface area contributed by atoms with Gasteiger partial charge in [0.1, 0.15) is 11.5 Å². The minimum Gasteiger partial charge on any atom is -0.478 e. The summed E-state index contributed by atoms with van der Waals surface area (Å²) in [6.07, 6.45) is 1.81. The lowest BCUT2D eigenvalue weighted by atomic mass is 10.2. The number of aryl methyl sites for hydroxylation is 1. The van der Waals surface area contributed by atoms with E-state index in [1.54, 1.807) is 34.9 Å².